The lowest BCUT2D eigenvalue weighted by molar-refractivity contribution is -0.125. The highest BCUT2D eigenvalue weighted by molar-refractivity contribution is 7.10. The molecule has 2 aliphatic carbocycles. The lowest BCUT2D eigenvalue weighted by atomic mass is 9.91. The Morgan fingerprint density at radius 3 is 2.72 bits per heavy atom. The van der Waals surface area contributed by atoms with Crippen molar-refractivity contribution in [2.24, 2.45) is 17.8 Å². The van der Waals surface area contributed by atoms with E-state index in [-0.39, 0.29) is 11.3 Å². The number of thiophene rings is 1. The fraction of sp³-hybridized carbons (Fsp3) is 0.667. The molecule has 1 N–H and O–H groups in total. The molecule has 2 aliphatic rings. The molecule has 98 valence electrons. The third-order valence-corrected chi connectivity index (χ3v) is 5.74. The van der Waals surface area contributed by atoms with Crippen molar-refractivity contribution in [3.63, 3.8) is 0 Å². The van der Waals surface area contributed by atoms with E-state index in [2.05, 4.69) is 36.7 Å². The van der Waals surface area contributed by atoms with Crippen molar-refractivity contribution in [1.29, 1.82) is 0 Å². The summed E-state index contributed by atoms with van der Waals surface area (Å²) < 4.78 is 0. The smallest absolute Gasteiger partial charge is 0.223 e. The highest BCUT2D eigenvalue weighted by Gasteiger charge is 2.48. The van der Waals surface area contributed by atoms with Gasteiger partial charge in [-0.25, -0.2) is 0 Å². The summed E-state index contributed by atoms with van der Waals surface area (Å²) in [4.78, 5) is 13.5. The van der Waals surface area contributed by atoms with E-state index in [4.69, 9.17) is 0 Å². The Morgan fingerprint density at radius 1 is 1.39 bits per heavy atom. The number of hydrogen-bond acceptors (Lipinski definition) is 2. The monoisotopic (exact) mass is 263 g/mol. The van der Waals surface area contributed by atoms with Gasteiger partial charge in [-0.2, -0.15) is 0 Å². The fourth-order valence-electron chi connectivity index (χ4n) is 3.13. The minimum absolute atomic E-state index is 0.0470. The van der Waals surface area contributed by atoms with Gasteiger partial charge < -0.3 is 5.32 Å². The fourth-order valence-corrected chi connectivity index (χ4v) is 3.98. The molecular weight excluding hydrogens is 242 g/mol. The van der Waals surface area contributed by atoms with Crippen LogP contribution >= 0.6 is 11.3 Å². The molecule has 1 amide bonds. The van der Waals surface area contributed by atoms with Crippen molar-refractivity contribution >= 4 is 17.2 Å². The molecule has 0 spiro atoms. The van der Waals surface area contributed by atoms with Gasteiger partial charge in [-0.1, -0.05) is 19.9 Å². The minimum Gasteiger partial charge on any atom is -0.355 e. The zero-order chi connectivity index (χ0) is 12.8. The van der Waals surface area contributed by atoms with Crippen molar-refractivity contribution in [3.8, 4) is 0 Å². The molecule has 0 aliphatic heterocycles. The highest BCUT2D eigenvalue weighted by Crippen LogP contribution is 2.54. The molecule has 2 saturated carbocycles. The number of hydrogen-bond donors (Lipinski definition) is 1. The molecule has 2 unspecified atom stereocenters. The largest absolute Gasteiger partial charge is 0.355 e. The third kappa shape index (κ3) is 2.33. The molecule has 2 fully saturated rings. The van der Waals surface area contributed by atoms with Crippen LogP contribution in [0.1, 0.15) is 38.0 Å². The Hall–Kier alpha value is -0.830. The molecule has 0 radical (unpaired) electrons. The number of carbonyl (C=O) groups is 1. The Kier molecular flexibility index (Phi) is 2.97. The van der Waals surface area contributed by atoms with E-state index in [1.54, 1.807) is 11.3 Å². The maximum absolute atomic E-state index is 12.1. The van der Waals surface area contributed by atoms with E-state index in [1.165, 1.54) is 11.3 Å². The molecule has 18 heavy (non-hydrogen) atoms. The topological polar surface area (TPSA) is 29.1 Å². The summed E-state index contributed by atoms with van der Waals surface area (Å²) in [6.07, 6.45) is 3.65. The Bertz CT molecular complexity index is 427. The molecule has 2 atom stereocenters. The van der Waals surface area contributed by atoms with Crippen molar-refractivity contribution < 1.29 is 4.79 Å². The Labute approximate surface area is 113 Å². The zero-order valence-corrected chi connectivity index (χ0v) is 11.9. The first-order chi connectivity index (χ1) is 8.56. The first-order valence-electron chi connectivity index (χ1n) is 6.88. The second kappa shape index (κ2) is 4.37. The van der Waals surface area contributed by atoms with Gasteiger partial charge in [0.25, 0.3) is 0 Å². The summed E-state index contributed by atoms with van der Waals surface area (Å²) in [5, 5.41) is 5.26. The van der Waals surface area contributed by atoms with Gasteiger partial charge in [0.15, 0.2) is 0 Å². The maximum atomic E-state index is 12.1. The number of nitrogens with one attached hydrogen (secondary N) is 1. The molecule has 2 nitrogen and oxygen atoms in total. The van der Waals surface area contributed by atoms with Crippen LogP contribution in [0.4, 0.5) is 0 Å². The quantitative estimate of drug-likeness (QED) is 0.888. The summed E-state index contributed by atoms with van der Waals surface area (Å²) in [5.74, 6) is 2.34. The summed E-state index contributed by atoms with van der Waals surface area (Å²) >= 11 is 1.77. The lowest BCUT2D eigenvalue weighted by Crippen LogP contribution is -2.39. The van der Waals surface area contributed by atoms with Gasteiger partial charge in [0.05, 0.1) is 0 Å². The predicted molar refractivity (Wildman–Crippen MR) is 74.7 cm³/mol. The van der Waals surface area contributed by atoms with Gasteiger partial charge in [-0.3, -0.25) is 4.79 Å². The van der Waals surface area contributed by atoms with Crippen LogP contribution < -0.4 is 5.32 Å². The van der Waals surface area contributed by atoms with Crippen LogP contribution in [0, 0.1) is 17.8 Å². The normalized spacial score (nSPS) is 30.0. The van der Waals surface area contributed by atoms with Crippen molar-refractivity contribution in [2.45, 2.75) is 38.5 Å². The van der Waals surface area contributed by atoms with Crippen LogP contribution in [0.3, 0.4) is 0 Å². The standard InChI is InChI=1S/C15H21NOS/c1-15(2,13-4-3-5-18-13)9-16-14(17)12-7-10-6-11(10)8-12/h3-5,10-12H,6-9H2,1-2H3,(H,16,17). The molecule has 0 saturated heterocycles. The van der Waals surface area contributed by atoms with Gasteiger partial charge in [0.1, 0.15) is 0 Å². The summed E-state index contributed by atoms with van der Waals surface area (Å²) in [6.45, 7) is 5.15. The molecular formula is C15H21NOS. The van der Waals surface area contributed by atoms with Crippen molar-refractivity contribution in [2.75, 3.05) is 6.54 Å². The van der Waals surface area contributed by atoms with Gasteiger partial charge >= 0.3 is 0 Å². The van der Waals surface area contributed by atoms with Crippen LogP contribution in [-0.4, -0.2) is 12.5 Å². The van der Waals surface area contributed by atoms with Gasteiger partial charge in [-0.05, 0) is 42.5 Å². The first-order valence-corrected chi connectivity index (χ1v) is 7.76. The van der Waals surface area contributed by atoms with Crippen LogP contribution in [0.15, 0.2) is 17.5 Å². The summed E-state index contributed by atoms with van der Waals surface area (Å²) in [5.41, 5.74) is 0.0470. The van der Waals surface area contributed by atoms with E-state index in [0.717, 1.165) is 31.2 Å². The summed E-state index contributed by atoms with van der Waals surface area (Å²) in [6, 6.07) is 4.23. The Balaban J connectivity index is 1.53. The van der Waals surface area contributed by atoms with Crippen molar-refractivity contribution in [1.82, 2.24) is 5.32 Å². The molecule has 1 aromatic heterocycles. The molecule has 0 aromatic carbocycles. The van der Waals surface area contributed by atoms with E-state index in [9.17, 15) is 4.79 Å². The minimum atomic E-state index is 0.0470. The van der Waals surface area contributed by atoms with E-state index < -0.39 is 0 Å². The zero-order valence-electron chi connectivity index (χ0n) is 11.1. The number of carbonyl (C=O) groups excluding carboxylic acids is 1. The van der Waals surface area contributed by atoms with Crippen molar-refractivity contribution in [3.05, 3.63) is 22.4 Å². The molecule has 3 heteroatoms. The first kappa shape index (κ1) is 12.2. The number of amides is 1. The second-order valence-electron chi connectivity index (χ2n) is 6.50. The van der Waals surface area contributed by atoms with E-state index in [1.807, 2.05) is 0 Å². The number of rotatable bonds is 4. The predicted octanol–water partition coefficient (Wildman–Crippen LogP) is 3.19. The lowest BCUT2D eigenvalue weighted by Gasteiger charge is -2.24. The number of fused-ring (bicyclic) bond motifs is 1. The molecule has 3 rings (SSSR count). The van der Waals surface area contributed by atoms with Crippen LogP contribution in [-0.2, 0) is 10.2 Å². The van der Waals surface area contributed by atoms with Crippen LogP contribution in [0.2, 0.25) is 0 Å². The highest BCUT2D eigenvalue weighted by atomic mass is 32.1. The van der Waals surface area contributed by atoms with E-state index in [0.29, 0.717) is 5.92 Å². The molecule has 1 heterocycles. The van der Waals surface area contributed by atoms with Crippen LogP contribution in [0.5, 0.6) is 0 Å². The van der Waals surface area contributed by atoms with Crippen LogP contribution in [0.25, 0.3) is 0 Å². The molecule has 0 bridgehead atoms. The van der Waals surface area contributed by atoms with Gasteiger partial charge in [0.2, 0.25) is 5.91 Å². The van der Waals surface area contributed by atoms with E-state index >= 15 is 0 Å². The summed E-state index contributed by atoms with van der Waals surface area (Å²) in [7, 11) is 0. The van der Waals surface area contributed by atoms with Gasteiger partial charge in [-0.15, -0.1) is 11.3 Å². The second-order valence-corrected chi connectivity index (χ2v) is 7.45. The Morgan fingerprint density at radius 2 is 2.11 bits per heavy atom. The average molecular weight is 263 g/mol. The maximum Gasteiger partial charge on any atom is 0.223 e. The van der Waals surface area contributed by atoms with Gasteiger partial charge in [0, 0.05) is 22.8 Å². The molecule has 1 aromatic rings. The SMILES string of the molecule is CC(C)(CNC(=O)C1CC2CC2C1)c1cccs1. The third-order valence-electron chi connectivity index (χ3n) is 4.51. The average Bonchev–Trinajstić information content (AvgIpc) is 2.83.